The lowest BCUT2D eigenvalue weighted by molar-refractivity contribution is -0.274. The Labute approximate surface area is 146 Å². The molecule has 1 saturated carbocycles. The number of halogens is 3. The number of carboxylic acid groups (broad SMARTS) is 1. The lowest BCUT2D eigenvalue weighted by atomic mass is 9.86. The van der Waals surface area contributed by atoms with Crippen LogP contribution in [0.25, 0.3) is 10.9 Å². The second kappa shape index (κ2) is 6.89. The van der Waals surface area contributed by atoms with E-state index in [9.17, 15) is 22.8 Å². The summed E-state index contributed by atoms with van der Waals surface area (Å²) in [5.41, 5.74) is 0.580. The van der Waals surface area contributed by atoms with Crippen molar-refractivity contribution < 1.29 is 32.6 Å². The van der Waals surface area contributed by atoms with Crippen molar-refractivity contribution in [3.8, 4) is 5.75 Å². The number of ether oxygens (including phenoxy) is 1. The first-order valence-electron chi connectivity index (χ1n) is 8.13. The number of nitrogens with one attached hydrogen (secondary N) is 2. The van der Waals surface area contributed by atoms with Crippen LogP contribution >= 0.6 is 0 Å². The van der Waals surface area contributed by atoms with Crippen molar-refractivity contribution in [3.05, 3.63) is 30.0 Å². The lowest BCUT2D eigenvalue weighted by Gasteiger charge is -2.26. The van der Waals surface area contributed by atoms with Gasteiger partial charge >= 0.3 is 12.3 Å². The number of carbonyl (C=O) groups excluding carboxylic acids is 1. The normalized spacial score (nSPS) is 20.7. The van der Waals surface area contributed by atoms with Crippen LogP contribution in [0, 0.1) is 5.92 Å². The molecule has 3 rings (SSSR count). The van der Waals surface area contributed by atoms with Gasteiger partial charge < -0.3 is 20.1 Å². The minimum Gasteiger partial charge on any atom is -0.481 e. The molecule has 0 radical (unpaired) electrons. The molecule has 0 spiro atoms. The molecule has 140 valence electrons. The third-order valence-electron chi connectivity index (χ3n) is 4.48. The third-order valence-corrected chi connectivity index (χ3v) is 4.48. The van der Waals surface area contributed by atoms with E-state index in [-0.39, 0.29) is 29.3 Å². The number of hydrogen-bond acceptors (Lipinski definition) is 3. The van der Waals surface area contributed by atoms with Crippen LogP contribution in [-0.4, -0.2) is 34.4 Å². The third kappa shape index (κ3) is 4.27. The van der Waals surface area contributed by atoms with Gasteiger partial charge in [-0.15, -0.1) is 13.2 Å². The first-order valence-corrected chi connectivity index (χ1v) is 8.13. The number of benzene rings is 1. The molecule has 2 aromatic rings. The van der Waals surface area contributed by atoms with Crippen molar-refractivity contribution in [2.75, 3.05) is 0 Å². The zero-order chi connectivity index (χ0) is 18.9. The van der Waals surface area contributed by atoms with Gasteiger partial charge in [0.1, 0.15) is 11.4 Å². The van der Waals surface area contributed by atoms with Crippen LogP contribution in [0.5, 0.6) is 5.75 Å². The van der Waals surface area contributed by atoms with Crippen molar-refractivity contribution in [3.63, 3.8) is 0 Å². The van der Waals surface area contributed by atoms with Crippen LogP contribution in [0.15, 0.2) is 24.3 Å². The van der Waals surface area contributed by atoms with Crippen molar-refractivity contribution in [2.24, 2.45) is 5.92 Å². The number of amides is 1. The number of alkyl halides is 3. The quantitative estimate of drug-likeness (QED) is 0.769. The number of H-pyrrole nitrogens is 1. The van der Waals surface area contributed by atoms with Gasteiger partial charge in [-0.3, -0.25) is 9.59 Å². The summed E-state index contributed by atoms with van der Waals surface area (Å²) in [6.07, 6.45) is -2.62. The molecule has 0 unspecified atom stereocenters. The van der Waals surface area contributed by atoms with Crippen LogP contribution in [-0.2, 0) is 4.79 Å². The minimum absolute atomic E-state index is 0.117. The fourth-order valence-electron chi connectivity index (χ4n) is 3.17. The Balaban J connectivity index is 1.66. The summed E-state index contributed by atoms with van der Waals surface area (Å²) in [6, 6.07) is 5.22. The van der Waals surface area contributed by atoms with Crippen LogP contribution in [0.4, 0.5) is 13.2 Å². The van der Waals surface area contributed by atoms with Gasteiger partial charge in [0.25, 0.3) is 5.91 Å². The second-order valence-corrected chi connectivity index (χ2v) is 6.34. The van der Waals surface area contributed by atoms with Crippen LogP contribution in [0.2, 0.25) is 0 Å². The molecular weight excluding hydrogens is 353 g/mol. The number of carbonyl (C=O) groups is 2. The molecule has 3 N–H and O–H groups in total. The van der Waals surface area contributed by atoms with E-state index in [0.29, 0.717) is 36.6 Å². The predicted molar refractivity (Wildman–Crippen MR) is 85.8 cm³/mol. The molecule has 0 bridgehead atoms. The van der Waals surface area contributed by atoms with Gasteiger partial charge in [-0.25, -0.2) is 0 Å². The molecule has 1 heterocycles. The van der Waals surface area contributed by atoms with Gasteiger partial charge in [0, 0.05) is 23.0 Å². The largest absolute Gasteiger partial charge is 0.573 e. The Morgan fingerprint density at radius 1 is 1.15 bits per heavy atom. The highest BCUT2D eigenvalue weighted by molar-refractivity contribution is 5.98. The smallest absolute Gasteiger partial charge is 0.481 e. The number of hydrogen-bond donors (Lipinski definition) is 3. The maximum Gasteiger partial charge on any atom is 0.573 e. The second-order valence-electron chi connectivity index (χ2n) is 6.34. The van der Waals surface area contributed by atoms with Gasteiger partial charge in [0.2, 0.25) is 0 Å². The van der Waals surface area contributed by atoms with Crippen LogP contribution in [0.1, 0.15) is 36.2 Å². The summed E-state index contributed by atoms with van der Waals surface area (Å²) in [5.74, 6) is -1.94. The van der Waals surface area contributed by atoms with E-state index in [1.807, 2.05) is 0 Å². The number of aromatic amines is 1. The first-order chi connectivity index (χ1) is 12.2. The Hall–Kier alpha value is -2.71. The molecule has 6 nitrogen and oxygen atoms in total. The Morgan fingerprint density at radius 2 is 1.85 bits per heavy atom. The Morgan fingerprint density at radius 3 is 2.46 bits per heavy atom. The molecule has 0 saturated heterocycles. The van der Waals surface area contributed by atoms with Gasteiger partial charge in [-0.05, 0) is 43.9 Å². The summed E-state index contributed by atoms with van der Waals surface area (Å²) in [7, 11) is 0. The summed E-state index contributed by atoms with van der Waals surface area (Å²) in [4.78, 5) is 26.1. The van der Waals surface area contributed by atoms with Crippen molar-refractivity contribution in [2.45, 2.75) is 38.1 Å². The average molecular weight is 370 g/mol. The van der Waals surface area contributed by atoms with E-state index in [1.54, 1.807) is 6.07 Å². The highest BCUT2D eigenvalue weighted by Gasteiger charge is 2.31. The van der Waals surface area contributed by atoms with Crippen molar-refractivity contribution >= 4 is 22.8 Å². The first kappa shape index (κ1) is 18.1. The molecule has 1 aliphatic carbocycles. The van der Waals surface area contributed by atoms with Gasteiger partial charge in [0.15, 0.2) is 0 Å². The molecule has 26 heavy (non-hydrogen) atoms. The van der Waals surface area contributed by atoms with Crippen molar-refractivity contribution in [1.29, 1.82) is 0 Å². The van der Waals surface area contributed by atoms with E-state index in [4.69, 9.17) is 5.11 Å². The highest BCUT2D eigenvalue weighted by Crippen LogP contribution is 2.27. The van der Waals surface area contributed by atoms with Crippen LogP contribution in [0.3, 0.4) is 0 Å². The van der Waals surface area contributed by atoms with E-state index < -0.39 is 12.3 Å². The van der Waals surface area contributed by atoms with Crippen LogP contribution < -0.4 is 10.1 Å². The number of aliphatic carboxylic acids is 1. The predicted octanol–water partition coefficient (Wildman–Crippen LogP) is 3.44. The molecule has 1 aliphatic rings. The van der Waals surface area contributed by atoms with Gasteiger partial charge in [-0.2, -0.15) is 0 Å². The minimum atomic E-state index is -4.78. The maximum atomic E-state index is 12.3. The maximum absolute atomic E-state index is 12.3. The summed E-state index contributed by atoms with van der Waals surface area (Å²) in [5, 5.41) is 12.4. The summed E-state index contributed by atoms with van der Waals surface area (Å²) in [6.45, 7) is 0. The van der Waals surface area contributed by atoms with Gasteiger partial charge in [0.05, 0.1) is 5.92 Å². The molecule has 1 amide bonds. The molecular formula is C17H17F3N2O4. The Kier molecular flexibility index (Phi) is 4.80. The van der Waals surface area contributed by atoms with E-state index in [2.05, 4.69) is 15.0 Å². The molecule has 9 heteroatoms. The fourth-order valence-corrected chi connectivity index (χ4v) is 3.17. The fraction of sp³-hybridized carbons (Fsp3) is 0.412. The summed E-state index contributed by atoms with van der Waals surface area (Å²) < 4.78 is 40.7. The van der Waals surface area contributed by atoms with Gasteiger partial charge in [-0.1, -0.05) is 0 Å². The van der Waals surface area contributed by atoms with E-state index in [1.165, 1.54) is 18.2 Å². The summed E-state index contributed by atoms with van der Waals surface area (Å²) >= 11 is 0. The topological polar surface area (TPSA) is 91.4 Å². The number of aromatic nitrogens is 1. The van der Waals surface area contributed by atoms with E-state index >= 15 is 0 Å². The molecule has 1 aromatic heterocycles. The highest BCUT2D eigenvalue weighted by atomic mass is 19.4. The SMILES string of the molecule is O=C(NC1CCC(C(=O)O)CC1)c1cc2ccc(OC(F)(F)F)cc2[nH]1. The zero-order valence-electron chi connectivity index (χ0n) is 13.6. The molecule has 1 fully saturated rings. The zero-order valence-corrected chi connectivity index (χ0v) is 13.6. The monoisotopic (exact) mass is 370 g/mol. The number of carboxylic acids is 1. The standard InChI is InChI=1S/C17H17F3N2O4/c18-17(19,20)26-12-6-3-10-7-14(22-13(10)8-12)15(23)21-11-4-1-9(2-5-11)16(24)25/h3,6-9,11,22H,1-2,4-5H2,(H,21,23)(H,24,25). The van der Waals surface area contributed by atoms with Crippen molar-refractivity contribution in [1.82, 2.24) is 10.3 Å². The number of fused-ring (bicyclic) bond motifs is 1. The Bertz CT molecular complexity index is 823. The lowest BCUT2D eigenvalue weighted by Crippen LogP contribution is -2.38. The number of rotatable bonds is 4. The molecule has 0 atom stereocenters. The van der Waals surface area contributed by atoms with E-state index in [0.717, 1.165) is 0 Å². The molecule has 0 aliphatic heterocycles. The average Bonchev–Trinajstić information content (AvgIpc) is 2.97. The molecule has 1 aromatic carbocycles.